The van der Waals surface area contributed by atoms with Crippen LogP contribution in [0.3, 0.4) is 0 Å². The first-order valence-corrected chi connectivity index (χ1v) is 36.2. The van der Waals surface area contributed by atoms with E-state index in [0.717, 1.165) is 23.7 Å². The molecule has 0 rings (SSSR count). The van der Waals surface area contributed by atoms with Crippen LogP contribution in [-0.2, 0) is 0 Å². The molecule has 0 saturated heterocycles. The predicted octanol–water partition coefficient (Wildman–Crippen LogP) is 30.7. The van der Waals surface area contributed by atoms with Crippen molar-refractivity contribution in [1.82, 2.24) is 0 Å². The van der Waals surface area contributed by atoms with E-state index in [1.807, 2.05) is 69.2 Å². The number of rotatable bonds is 7. The fourth-order valence-corrected chi connectivity index (χ4v) is 0.539. The van der Waals surface area contributed by atoms with Crippen molar-refractivity contribution in [3.8, 4) is 0 Å². The predicted molar refractivity (Wildman–Crippen MR) is 372 cm³/mol. The molecule has 0 saturated carbocycles. The first-order valence-electron chi connectivity index (χ1n) is 32.2. The molecule has 0 bridgehead atoms. The van der Waals surface area contributed by atoms with Crippen LogP contribution in [0.4, 0.5) is 0 Å². The fourth-order valence-electron chi connectivity index (χ4n) is 0.539. The van der Waals surface area contributed by atoms with E-state index in [2.05, 4.69) is 275 Å². The second-order valence-electron chi connectivity index (χ2n) is 26.6. The summed E-state index contributed by atoms with van der Waals surface area (Å²) in [5.41, 5.74) is 2.71. The third kappa shape index (κ3) is 574. The van der Waals surface area contributed by atoms with Crippen molar-refractivity contribution in [2.75, 3.05) is 0 Å². The van der Waals surface area contributed by atoms with E-state index in [-0.39, 0.29) is 0 Å². The second-order valence-corrected chi connectivity index (χ2v) is 32.6. The first kappa shape index (κ1) is 120. The highest BCUT2D eigenvalue weighted by Gasteiger charge is 2.09. The van der Waals surface area contributed by atoms with E-state index in [4.69, 9.17) is 0 Å². The maximum absolute atomic E-state index is 2.33. The van der Waals surface area contributed by atoms with Crippen LogP contribution in [0.5, 0.6) is 0 Å². The molecule has 0 aromatic heterocycles. The average Bonchev–Trinajstić information content (AvgIpc) is 3.29. The van der Waals surface area contributed by atoms with E-state index in [1.54, 1.807) is 0 Å². The Balaban J connectivity index is -0.0000000302. The summed E-state index contributed by atoms with van der Waals surface area (Å²) < 4.78 is 0. The minimum Gasteiger partial charge on any atom is -0.0697 e. The van der Waals surface area contributed by atoms with E-state index < -0.39 is 8.07 Å². The fraction of sp³-hybridized carbons (Fsp3) is 1.00. The van der Waals surface area contributed by atoms with Crippen LogP contribution in [0.1, 0.15) is 396 Å². The smallest absolute Gasteiger partial charge is 0.0411 e. The van der Waals surface area contributed by atoms with Gasteiger partial charge in [0.25, 0.3) is 0 Å². The van der Waals surface area contributed by atoms with Gasteiger partial charge in [-0.25, -0.2) is 0 Å². The van der Waals surface area contributed by atoms with E-state index in [9.17, 15) is 0 Å². The highest BCUT2D eigenvalue weighted by atomic mass is 28.3. The van der Waals surface area contributed by atoms with Gasteiger partial charge < -0.3 is 0 Å². The molecule has 0 heterocycles. The zero-order chi connectivity index (χ0) is 63.8. The molecule has 0 fully saturated rings. The zero-order valence-electron chi connectivity index (χ0n) is 63.8. The highest BCUT2D eigenvalue weighted by molar-refractivity contribution is 6.74. The summed E-state index contributed by atoms with van der Waals surface area (Å²) in [7, 11) is -0.611. The molecule has 0 aromatic rings. The zero-order valence-corrected chi connectivity index (χ0v) is 64.8. The Bertz CT molecular complexity index is 579. The summed E-state index contributed by atoms with van der Waals surface area (Å²) in [6.07, 6.45) is 15.6. The normalized spacial score (nSPS) is 9.58. The highest BCUT2D eigenvalue weighted by Crippen LogP contribution is 2.23. The minimum atomic E-state index is -0.611. The monoisotopic (exact) mass is 1060 g/mol. The van der Waals surface area contributed by atoms with Crippen LogP contribution in [0.15, 0.2) is 0 Å². The third-order valence-corrected chi connectivity index (χ3v) is 8.62. The lowest BCUT2D eigenvalue weighted by molar-refractivity contribution is 0.338. The van der Waals surface area contributed by atoms with Gasteiger partial charge >= 0.3 is 0 Å². The molecule has 72 heavy (non-hydrogen) atoms. The quantitative estimate of drug-likeness (QED) is 0.223. The van der Waals surface area contributed by atoms with Gasteiger partial charge in [-0.3, -0.25) is 0 Å². The number of hydrogen-bond donors (Lipinski definition) is 0. The molecule has 1 heteroatoms. The molecule has 0 aromatic carbocycles. The molecule has 0 aliphatic heterocycles. The van der Waals surface area contributed by atoms with Gasteiger partial charge in [0.05, 0.1) is 0 Å². The van der Waals surface area contributed by atoms with Crippen LogP contribution in [0, 0.1) is 50.7 Å². The lowest BCUT2D eigenvalue weighted by Gasteiger charge is -2.18. The van der Waals surface area contributed by atoms with Crippen molar-refractivity contribution in [3.63, 3.8) is 0 Å². The number of hydrogen-bond acceptors (Lipinski definition) is 0. The van der Waals surface area contributed by atoms with Crippen LogP contribution in [0.25, 0.3) is 0 Å². The molecule has 0 radical (unpaired) electrons. The topological polar surface area (TPSA) is 0 Å². The second kappa shape index (κ2) is 96.8. The van der Waals surface area contributed by atoms with E-state index in [1.165, 1.54) is 77.0 Å². The maximum atomic E-state index is 2.33. The van der Waals surface area contributed by atoms with Gasteiger partial charge in [-0.2, -0.15) is 0 Å². The summed E-state index contributed by atoms with van der Waals surface area (Å²) in [6, 6.07) is 0. The Morgan fingerprint density at radius 2 is 0.389 bits per heavy atom. The summed E-state index contributed by atoms with van der Waals surface area (Å²) in [5, 5.41) is 0. The van der Waals surface area contributed by atoms with Crippen molar-refractivity contribution in [2.45, 2.75) is 422 Å². The van der Waals surface area contributed by atoms with E-state index >= 15 is 0 Å². The van der Waals surface area contributed by atoms with Crippen molar-refractivity contribution in [3.05, 3.63) is 0 Å². The first-order chi connectivity index (χ1) is 32.2. The average molecular weight is 1060 g/mol. The van der Waals surface area contributed by atoms with Gasteiger partial charge in [-0.05, 0) is 50.7 Å². The summed E-state index contributed by atoms with van der Waals surface area (Å²) >= 11 is 0. The molecule has 0 spiro atoms. The molecule has 0 N–H and O–H groups in total. The molecule has 0 atom stereocenters. The van der Waals surface area contributed by atoms with Gasteiger partial charge in [0.15, 0.2) is 0 Å². The van der Waals surface area contributed by atoms with Crippen molar-refractivity contribution >= 4 is 8.07 Å². The van der Waals surface area contributed by atoms with E-state index in [0.29, 0.717) is 27.1 Å². The number of unbranched alkanes of at least 4 members (excludes halogenated alkanes) is 1. The summed E-state index contributed by atoms with van der Waals surface area (Å²) in [5.74, 6) is 3.54. The Morgan fingerprint density at radius 3 is 0.389 bits per heavy atom. The Kier molecular flexibility index (Phi) is 162. The van der Waals surface area contributed by atoms with Crippen LogP contribution in [0.2, 0.25) is 26.2 Å². The lowest BCUT2D eigenvalue weighted by Crippen LogP contribution is -2.10. The van der Waals surface area contributed by atoms with Gasteiger partial charge in [-0.1, -0.05) is 422 Å². The Morgan fingerprint density at radius 1 is 0.292 bits per heavy atom. The standard InChI is InChI=1S/C7H16.4C6H14.3C5H12.C4H12Si.2C4H10.C3H8.5C2H6/c1-5-7(3,4)6-2;3*1-5-6(2,3)4;1-4-6(3)5-2;1-5(2,3)4;2*1-4-5(2)3;1-5(2,3)4;1-4(2)3;1-3-4-2;1-3-2;5*1-2/h5-6H2,1-4H3;3*5H2,1-4H3;6H,4-5H2,1-3H3;1-4H3;2*5H,4H2,1-3H3;1-4H3;4H,1-3H3;3-4H2,1-2H3;3H2,1-2H3;5*1-2H3. The Hall–Kier alpha value is 0.217. The molecule has 0 aliphatic carbocycles. The van der Waals surface area contributed by atoms with Crippen molar-refractivity contribution in [2.24, 2.45) is 50.7 Å². The van der Waals surface area contributed by atoms with Crippen molar-refractivity contribution < 1.29 is 0 Å². The lowest BCUT2D eigenvalue weighted by atomic mass is 9.88. The molecule has 0 amide bonds. The molecule has 0 aliphatic rings. The van der Waals surface area contributed by atoms with Gasteiger partial charge in [0.1, 0.15) is 0 Å². The molecular weight excluding hydrogens is 881 g/mol. The molecular formula is C71H178Si. The summed E-state index contributed by atoms with van der Waals surface area (Å²) in [6.45, 7) is 109. The minimum absolute atomic E-state index is 0.500. The van der Waals surface area contributed by atoms with Gasteiger partial charge in [0, 0.05) is 8.07 Å². The largest absolute Gasteiger partial charge is 0.0697 e. The Labute approximate surface area is 478 Å². The molecule has 0 unspecified atom stereocenters. The maximum Gasteiger partial charge on any atom is 0.0411 e. The third-order valence-electron chi connectivity index (χ3n) is 8.62. The van der Waals surface area contributed by atoms with Crippen LogP contribution < -0.4 is 0 Å². The molecule has 466 valence electrons. The van der Waals surface area contributed by atoms with Gasteiger partial charge in [-0.15, -0.1) is 0 Å². The van der Waals surface area contributed by atoms with Crippen LogP contribution in [-0.4, -0.2) is 8.07 Å². The SMILES string of the molecule is CC.CC.CC.CC.CC.CC(C)(C)C.CC(C)C.CCC.CCC(C)(C)C.CCC(C)(C)C.CCC(C)(C)C.CCC(C)(C)CC.CCC(C)C.CCC(C)C.CCC(C)CC.CCCC.C[Si](C)(C)C. The van der Waals surface area contributed by atoms with Crippen LogP contribution >= 0.6 is 0 Å². The molecule has 0 nitrogen and oxygen atoms in total. The van der Waals surface area contributed by atoms with Crippen molar-refractivity contribution in [1.29, 1.82) is 0 Å². The summed E-state index contributed by atoms with van der Waals surface area (Å²) in [4.78, 5) is 0. The van der Waals surface area contributed by atoms with Gasteiger partial charge in [0.2, 0.25) is 0 Å².